The highest BCUT2D eigenvalue weighted by molar-refractivity contribution is 6.13. The zero-order valence-corrected chi connectivity index (χ0v) is 32.3. The molecule has 2 amide bonds. The molecule has 0 aliphatic carbocycles. The summed E-state index contributed by atoms with van der Waals surface area (Å²) in [5.74, 6) is -1.33. The molecule has 4 heterocycles. The number of carbonyl (C=O) groups is 2. The number of amides is 2. The number of nitrogens with zero attached hydrogens (tertiary/aromatic N) is 6. The Balaban J connectivity index is 0.00000514. The van der Waals surface area contributed by atoms with E-state index in [1.165, 1.54) is 41.8 Å². The van der Waals surface area contributed by atoms with Crippen LogP contribution < -0.4 is 9.64 Å². The first-order valence-corrected chi connectivity index (χ1v) is 17.9. The van der Waals surface area contributed by atoms with Gasteiger partial charge in [-0.3, -0.25) is 19.4 Å². The molecule has 3 aromatic carbocycles. The molecule has 1 N–H and O–H groups in total. The summed E-state index contributed by atoms with van der Waals surface area (Å²) in [7, 11) is 4.91. The molecule has 2 aromatic heterocycles. The Kier molecular flexibility index (Phi) is 11.4. The molecule has 1 atom stereocenters. The first kappa shape index (κ1) is 39.1. The molecule has 5 aromatic rings. The minimum atomic E-state index is -0.640. The highest BCUT2D eigenvalue weighted by Gasteiger charge is 2.35. The fraction of sp³-hybridized carbons (Fsp3) is 0.310. The predicted octanol–water partition coefficient (Wildman–Crippen LogP) is 6.67. The van der Waals surface area contributed by atoms with Crippen molar-refractivity contribution in [1.82, 2.24) is 18.9 Å². The number of carbonyl (C=O) groups excluding carboxylic acids is 2. The van der Waals surface area contributed by atoms with E-state index in [1.807, 2.05) is 30.0 Å². The maximum absolute atomic E-state index is 15.7. The normalized spacial score (nSPS) is 15.5. The van der Waals surface area contributed by atoms with Gasteiger partial charge in [-0.25, -0.2) is 4.39 Å². The van der Waals surface area contributed by atoms with Crippen molar-refractivity contribution >= 4 is 35.6 Å². The van der Waals surface area contributed by atoms with Gasteiger partial charge in [0.1, 0.15) is 17.5 Å². The van der Waals surface area contributed by atoms with Crippen LogP contribution in [0.5, 0.6) is 11.5 Å². The van der Waals surface area contributed by atoms with E-state index in [0.717, 1.165) is 18.7 Å². The Morgan fingerprint density at radius 3 is 2.31 bits per heavy atom. The summed E-state index contributed by atoms with van der Waals surface area (Å²) in [5, 5.41) is 19.8. The van der Waals surface area contributed by atoms with Crippen LogP contribution in [0.4, 0.5) is 15.8 Å². The molecule has 0 radical (unpaired) electrons. The SMILES string of the molecule is COc1cc(C(=O)N2Cc3ccccc3C[C@H]2CN2CCOCC2)c(-c2cc(C(=O)N(c3ccc(O)cc3)c3cc(C#N)n(C)c3C)c(C)n2C)cc1F.Cl. The summed E-state index contributed by atoms with van der Waals surface area (Å²) >= 11 is 0. The minimum absolute atomic E-state index is 0. The van der Waals surface area contributed by atoms with Crippen LogP contribution in [0, 0.1) is 31.0 Å². The number of hydrogen-bond donors (Lipinski definition) is 1. The number of benzene rings is 3. The molecule has 2 aliphatic heterocycles. The van der Waals surface area contributed by atoms with E-state index in [2.05, 4.69) is 17.0 Å². The van der Waals surface area contributed by atoms with E-state index >= 15 is 4.39 Å². The molecule has 7 rings (SSSR count). The van der Waals surface area contributed by atoms with E-state index in [0.29, 0.717) is 78.0 Å². The van der Waals surface area contributed by atoms with Gasteiger partial charge in [-0.1, -0.05) is 24.3 Å². The molecule has 0 bridgehead atoms. The molecule has 13 heteroatoms. The third-order valence-corrected chi connectivity index (χ3v) is 10.9. The molecular formula is C42H44ClFN6O5. The lowest BCUT2D eigenvalue weighted by Gasteiger charge is -2.40. The first-order chi connectivity index (χ1) is 26.0. The van der Waals surface area contributed by atoms with Crippen molar-refractivity contribution in [3.63, 3.8) is 0 Å². The van der Waals surface area contributed by atoms with Crippen molar-refractivity contribution in [3.05, 3.63) is 118 Å². The van der Waals surface area contributed by atoms with E-state index in [4.69, 9.17) is 9.47 Å². The maximum atomic E-state index is 15.7. The summed E-state index contributed by atoms with van der Waals surface area (Å²) in [5.41, 5.74) is 6.23. The lowest BCUT2D eigenvalue weighted by molar-refractivity contribution is 0.0193. The fourth-order valence-electron chi connectivity index (χ4n) is 7.60. The monoisotopic (exact) mass is 766 g/mol. The van der Waals surface area contributed by atoms with E-state index in [1.54, 1.807) is 54.4 Å². The second-order valence-corrected chi connectivity index (χ2v) is 13.9. The molecule has 286 valence electrons. The van der Waals surface area contributed by atoms with Gasteiger partial charge in [0.2, 0.25) is 0 Å². The van der Waals surface area contributed by atoms with Crippen LogP contribution >= 0.6 is 12.4 Å². The van der Waals surface area contributed by atoms with Gasteiger partial charge in [0.15, 0.2) is 11.6 Å². The molecule has 11 nitrogen and oxygen atoms in total. The van der Waals surface area contributed by atoms with E-state index in [-0.39, 0.29) is 41.4 Å². The van der Waals surface area contributed by atoms with Crippen molar-refractivity contribution in [1.29, 1.82) is 5.26 Å². The lowest BCUT2D eigenvalue weighted by Crippen LogP contribution is -2.52. The van der Waals surface area contributed by atoms with Crippen LogP contribution in [0.1, 0.15) is 48.9 Å². The number of aromatic nitrogens is 2. The van der Waals surface area contributed by atoms with Crippen LogP contribution in [-0.4, -0.2) is 81.9 Å². The zero-order chi connectivity index (χ0) is 38.3. The third kappa shape index (κ3) is 7.31. The lowest BCUT2D eigenvalue weighted by atomic mass is 9.92. The van der Waals surface area contributed by atoms with Crippen LogP contribution in [0.2, 0.25) is 0 Å². The predicted molar refractivity (Wildman–Crippen MR) is 210 cm³/mol. The van der Waals surface area contributed by atoms with Gasteiger partial charge in [0.25, 0.3) is 11.8 Å². The minimum Gasteiger partial charge on any atom is -0.508 e. The quantitative estimate of drug-likeness (QED) is 0.188. The van der Waals surface area contributed by atoms with Crippen LogP contribution in [0.25, 0.3) is 11.3 Å². The molecule has 1 saturated heterocycles. The number of ether oxygens (including phenoxy) is 2. The highest BCUT2D eigenvalue weighted by atomic mass is 35.5. The Morgan fingerprint density at radius 1 is 0.964 bits per heavy atom. The molecular weight excluding hydrogens is 723 g/mol. The zero-order valence-electron chi connectivity index (χ0n) is 31.5. The highest BCUT2D eigenvalue weighted by Crippen LogP contribution is 2.38. The summed E-state index contributed by atoms with van der Waals surface area (Å²) in [4.78, 5) is 35.4. The average molecular weight is 767 g/mol. The Labute approximate surface area is 326 Å². The van der Waals surface area contributed by atoms with Gasteiger partial charge in [0, 0.05) is 74.6 Å². The van der Waals surface area contributed by atoms with Gasteiger partial charge < -0.3 is 28.6 Å². The number of aromatic hydroxyl groups is 1. The van der Waals surface area contributed by atoms with Gasteiger partial charge in [-0.15, -0.1) is 12.4 Å². The average Bonchev–Trinajstić information content (AvgIpc) is 3.64. The van der Waals surface area contributed by atoms with Gasteiger partial charge >= 0.3 is 0 Å². The second-order valence-electron chi connectivity index (χ2n) is 13.9. The molecule has 2 aliphatic rings. The smallest absolute Gasteiger partial charge is 0.264 e. The topological polar surface area (TPSA) is 116 Å². The molecule has 0 spiro atoms. The standard InChI is InChI=1S/C42H43FN6O5.ClH/c1-26-34(42(52)49(30-10-12-33(50)13-11-30)38-19-31(23-44)45(3)27(38)2)21-39(46(26)4)35-20-37(43)40(53-5)22-36(35)41(51)48-24-29-9-7-6-8-28(29)18-32(48)25-47-14-16-54-17-15-47;/h6-13,19-22,32,50H,14-18,24-25H2,1-5H3;1H/t32-;/m0./s1. The number of hydrogen-bond acceptors (Lipinski definition) is 7. The number of phenols is 1. The van der Waals surface area contributed by atoms with E-state index in [9.17, 15) is 20.0 Å². The number of fused-ring (bicyclic) bond motifs is 1. The molecule has 0 saturated carbocycles. The summed E-state index contributed by atoms with van der Waals surface area (Å²) < 4.78 is 30.2. The molecule has 1 fully saturated rings. The molecule has 0 unspecified atom stereocenters. The Bertz CT molecular complexity index is 2290. The van der Waals surface area contributed by atoms with Crippen molar-refractivity contribution in [2.24, 2.45) is 14.1 Å². The van der Waals surface area contributed by atoms with Gasteiger partial charge in [0.05, 0.1) is 37.1 Å². The van der Waals surface area contributed by atoms with Crippen LogP contribution in [0.15, 0.2) is 72.8 Å². The van der Waals surface area contributed by atoms with Crippen LogP contribution in [-0.2, 0) is 31.8 Å². The fourth-order valence-corrected chi connectivity index (χ4v) is 7.60. The van der Waals surface area contributed by atoms with Crippen molar-refractivity contribution < 1.29 is 28.6 Å². The van der Waals surface area contributed by atoms with Gasteiger partial charge in [-0.05, 0) is 79.9 Å². The number of morpholine rings is 1. The number of phenolic OH excluding ortho intramolecular Hbond substituents is 1. The number of anilines is 2. The number of rotatable bonds is 8. The maximum Gasteiger partial charge on any atom is 0.264 e. The second kappa shape index (κ2) is 16.0. The molecule has 55 heavy (non-hydrogen) atoms. The summed E-state index contributed by atoms with van der Waals surface area (Å²) in [6.07, 6.45) is 0.675. The Hall–Kier alpha value is -5.61. The summed E-state index contributed by atoms with van der Waals surface area (Å²) in [6, 6.07) is 22.5. The largest absolute Gasteiger partial charge is 0.508 e. The summed E-state index contributed by atoms with van der Waals surface area (Å²) in [6.45, 7) is 7.50. The first-order valence-electron chi connectivity index (χ1n) is 17.9. The number of nitriles is 1. The van der Waals surface area contributed by atoms with Gasteiger partial charge in [-0.2, -0.15) is 5.26 Å². The number of halogens is 2. The van der Waals surface area contributed by atoms with E-state index < -0.39 is 11.7 Å². The van der Waals surface area contributed by atoms with Crippen molar-refractivity contribution in [3.8, 4) is 28.8 Å². The third-order valence-electron chi connectivity index (χ3n) is 10.9. The van der Waals surface area contributed by atoms with Crippen molar-refractivity contribution in [2.75, 3.05) is 44.9 Å². The van der Waals surface area contributed by atoms with Crippen molar-refractivity contribution in [2.45, 2.75) is 32.9 Å². The number of methoxy groups -OCH3 is 1. The van der Waals surface area contributed by atoms with Crippen LogP contribution in [0.3, 0.4) is 0 Å². The Morgan fingerprint density at radius 2 is 1.65 bits per heavy atom.